The number of rotatable bonds is 6. The number of thioether (sulfide) groups is 1. The first kappa shape index (κ1) is 18.3. The highest BCUT2D eigenvalue weighted by Crippen LogP contribution is 2.36. The first-order chi connectivity index (χ1) is 13.8. The van der Waals surface area contributed by atoms with Gasteiger partial charge in [0.25, 0.3) is 0 Å². The molecule has 4 rings (SSSR count). The maximum atomic E-state index is 13.0. The third-order valence-electron chi connectivity index (χ3n) is 4.56. The fraction of sp³-hybridized carbons (Fsp3) is 0.0800. The van der Waals surface area contributed by atoms with Gasteiger partial charge in [0.05, 0.1) is 0 Å². The molecule has 138 valence electrons. The molecule has 1 unspecified atom stereocenters. The molecule has 0 radical (unpaired) electrons. The van der Waals surface area contributed by atoms with E-state index in [1.54, 1.807) is 0 Å². The Balaban J connectivity index is 1.55. The number of fused-ring (bicyclic) bond motifs is 1. The second-order valence-corrected chi connectivity index (χ2v) is 7.65. The fourth-order valence-corrected chi connectivity index (χ4v) is 4.20. The van der Waals surface area contributed by atoms with E-state index in [1.165, 1.54) is 11.8 Å². The minimum atomic E-state index is -0.404. The summed E-state index contributed by atoms with van der Waals surface area (Å²) in [6.07, 6.45) is 0. The molecular formula is C25H20O2S. The van der Waals surface area contributed by atoms with E-state index in [-0.39, 0.29) is 12.6 Å². The quantitative estimate of drug-likeness (QED) is 0.283. The van der Waals surface area contributed by atoms with Gasteiger partial charge in [-0.05, 0) is 34.0 Å². The van der Waals surface area contributed by atoms with Crippen LogP contribution in [0.5, 0.6) is 0 Å². The minimum absolute atomic E-state index is 0.229. The van der Waals surface area contributed by atoms with Gasteiger partial charge in [0.1, 0.15) is 11.9 Å². The van der Waals surface area contributed by atoms with Gasteiger partial charge in [-0.1, -0.05) is 91.0 Å². The van der Waals surface area contributed by atoms with E-state index < -0.39 is 5.25 Å². The summed E-state index contributed by atoms with van der Waals surface area (Å²) in [5, 5.41) is 1.86. The summed E-state index contributed by atoms with van der Waals surface area (Å²) in [5.41, 5.74) is 1.96. The van der Waals surface area contributed by atoms with Gasteiger partial charge in [-0.3, -0.25) is 4.79 Å². The van der Waals surface area contributed by atoms with Crippen molar-refractivity contribution in [3.05, 3.63) is 114 Å². The number of hydrogen-bond donors (Lipinski definition) is 0. The van der Waals surface area contributed by atoms with Crippen LogP contribution in [0.3, 0.4) is 0 Å². The van der Waals surface area contributed by atoms with Gasteiger partial charge in [0.2, 0.25) is 0 Å². The van der Waals surface area contributed by atoms with E-state index in [0.29, 0.717) is 0 Å². The van der Waals surface area contributed by atoms with Crippen molar-refractivity contribution in [2.24, 2.45) is 0 Å². The molecule has 3 heteroatoms. The zero-order valence-corrected chi connectivity index (χ0v) is 16.1. The van der Waals surface area contributed by atoms with Crippen LogP contribution in [0.4, 0.5) is 0 Å². The summed E-state index contributed by atoms with van der Waals surface area (Å²) in [6.45, 7) is 0.263. The summed E-state index contributed by atoms with van der Waals surface area (Å²) in [6, 6.07) is 34.0. The maximum Gasteiger partial charge on any atom is 0.324 e. The molecule has 2 nitrogen and oxygen atoms in total. The third-order valence-corrected chi connectivity index (χ3v) is 5.81. The Morgan fingerprint density at radius 2 is 1.39 bits per heavy atom. The van der Waals surface area contributed by atoms with E-state index in [4.69, 9.17) is 4.74 Å². The minimum Gasteiger partial charge on any atom is -0.460 e. The van der Waals surface area contributed by atoms with Crippen molar-refractivity contribution < 1.29 is 9.53 Å². The normalized spacial score (nSPS) is 11.9. The molecular weight excluding hydrogens is 364 g/mol. The summed E-state index contributed by atoms with van der Waals surface area (Å²) in [4.78, 5) is 14.1. The molecule has 0 fully saturated rings. The number of carbonyl (C=O) groups is 1. The van der Waals surface area contributed by atoms with Crippen LogP contribution in [0.1, 0.15) is 16.4 Å². The maximum absolute atomic E-state index is 13.0. The van der Waals surface area contributed by atoms with Crippen LogP contribution in [0.15, 0.2) is 108 Å². The second-order valence-electron chi connectivity index (χ2n) is 6.47. The number of hydrogen-bond acceptors (Lipinski definition) is 3. The highest BCUT2D eigenvalue weighted by molar-refractivity contribution is 8.00. The fourth-order valence-electron chi connectivity index (χ4n) is 3.16. The van der Waals surface area contributed by atoms with Crippen LogP contribution in [-0.4, -0.2) is 5.97 Å². The molecule has 0 N–H and O–H groups in total. The zero-order chi connectivity index (χ0) is 19.2. The van der Waals surface area contributed by atoms with Crippen molar-refractivity contribution in [1.82, 2.24) is 0 Å². The molecule has 4 aromatic carbocycles. The number of carbonyl (C=O) groups excluding carboxylic acids is 1. The topological polar surface area (TPSA) is 26.3 Å². The van der Waals surface area contributed by atoms with E-state index in [0.717, 1.165) is 26.8 Å². The first-order valence-electron chi connectivity index (χ1n) is 9.21. The predicted molar refractivity (Wildman–Crippen MR) is 115 cm³/mol. The molecule has 0 saturated carbocycles. The van der Waals surface area contributed by atoms with Crippen molar-refractivity contribution in [1.29, 1.82) is 0 Å². The van der Waals surface area contributed by atoms with Crippen LogP contribution >= 0.6 is 11.8 Å². The third kappa shape index (κ3) is 4.26. The Hall–Kier alpha value is -3.04. The Labute approximate surface area is 169 Å². The predicted octanol–water partition coefficient (Wildman–Crippen LogP) is 6.42. The molecule has 0 heterocycles. The van der Waals surface area contributed by atoms with Gasteiger partial charge in [0, 0.05) is 4.90 Å². The van der Waals surface area contributed by atoms with Gasteiger partial charge in [-0.15, -0.1) is 11.8 Å². The van der Waals surface area contributed by atoms with Crippen molar-refractivity contribution in [3.8, 4) is 0 Å². The van der Waals surface area contributed by atoms with Crippen molar-refractivity contribution in [3.63, 3.8) is 0 Å². The van der Waals surface area contributed by atoms with E-state index in [9.17, 15) is 4.79 Å². The first-order valence-corrected chi connectivity index (χ1v) is 10.1. The molecule has 0 aromatic heterocycles. The zero-order valence-electron chi connectivity index (χ0n) is 15.3. The van der Waals surface area contributed by atoms with E-state index >= 15 is 0 Å². The standard InChI is InChI=1S/C25H20O2S/c26-25(27-18-21-14-9-13-19-10-7-8-17-23(19)21)24(20-11-3-1-4-12-20)28-22-15-5-2-6-16-22/h1-17,24H,18H2. The van der Waals surface area contributed by atoms with E-state index in [1.807, 2.05) is 84.9 Å². The summed E-state index contributed by atoms with van der Waals surface area (Å²) >= 11 is 1.51. The highest BCUT2D eigenvalue weighted by atomic mass is 32.2. The summed E-state index contributed by atoms with van der Waals surface area (Å²) < 4.78 is 5.77. The van der Waals surface area contributed by atoms with Crippen molar-refractivity contribution in [2.75, 3.05) is 0 Å². The van der Waals surface area contributed by atoms with Gasteiger partial charge in [0.15, 0.2) is 0 Å². The van der Waals surface area contributed by atoms with Gasteiger partial charge in [-0.2, -0.15) is 0 Å². The number of ether oxygens (including phenoxy) is 1. The molecule has 0 amide bonds. The average molecular weight is 385 g/mol. The van der Waals surface area contributed by atoms with Crippen LogP contribution in [-0.2, 0) is 16.1 Å². The molecule has 0 aliphatic heterocycles. The second kappa shape index (κ2) is 8.77. The lowest BCUT2D eigenvalue weighted by Gasteiger charge is -2.17. The summed E-state index contributed by atoms with van der Waals surface area (Å²) in [7, 11) is 0. The molecule has 0 bridgehead atoms. The number of benzene rings is 4. The monoisotopic (exact) mass is 384 g/mol. The molecule has 0 aliphatic carbocycles. The van der Waals surface area contributed by atoms with Crippen LogP contribution in [0.2, 0.25) is 0 Å². The van der Waals surface area contributed by atoms with Crippen LogP contribution in [0, 0.1) is 0 Å². The molecule has 28 heavy (non-hydrogen) atoms. The lowest BCUT2D eigenvalue weighted by atomic mass is 10.1. The van der Waals surface area contributed by atoms with Gasteiger partial charge < -0.3 is 4.74 Å². The SMILES string of the molecule is O=C(OCc1cccc2ccccc12)C(Sc1ccccc1)c1ccccc1. The van der Waals surface area contributed by atoms with Crippen LogP contribution in [0.25, 0.3) is 10.8 Å². The van der Waals surface area contributed by atoms with Crippen molar-refractivity contribution in [2.45, 2.75) is 16.8 Å². The van der Waals surface area contributed by atoms with Crippen molar-refractivity contribution >= 4 is 28.5 Å². The summed E-state index contributed by atoms with van der Waals surface area (Å²) in [5.74, 6) is -0.229. The van der Waals surface area contributed by atoms with E-state index in [2.05, 4.69) is 18.2 Å². The highest BCUT2D eigenvalue weighted by Gasteiger charge is 2.23. The Morgan fingerprint density at radius 3 is 2.18 bits per heavy atom. The Bertz CT molecular complexity index is 1060. The van der Waals surface area contributed by atoms with Gasteiger partial charge >= 0.3 is 5.97 Å². The molecule has 0 spiro atoms. The lowest BCUT2D eigenvalue weighted by molar-refractivity contribution is -0.144. The Morgan fingerprint density at radius 1 is 0.750 bits per heavy atom. The Kier molecular flexibility index (Phi) is 5.74. The molecule has 4 aromatic rings. The number of esters is 1. The molecule has 0 aliphatic rings. The van der Waals surface area contributed by atoms with Gasteiger partial charge in [-0.25, -0.2) is 0 Å². The molecule has 0 saturated heterocycles. The largest absolute Gasteiger partial charge is 0.460 e. The molecule has 1 atom stereocenters. The smallest absolute Gasteiger partial charge is 0.324 e. The lowest BCUT2D eigenvalue weighted by Crippen LogP contribution is -2.13. The van der Waals surface area contributed by atoms with Crippen LogP contribution < -0.4 is 0 Å². The average Bonchev–Trinajstić information content (AvgIpc) is 2.77.